The second kappa shape index (κ2) is 7.58. The molecule has 8 heteroatoms. The quantitative estimate of drug-likeness (QED) is 0.362. The van der Waals surface area contributed by atoms with Gasteiger partial charge in [0.2, 0.25) is 0 Å². The van der Waals surface area contributed by atoms with Crippen molar-refractivity contribution in [3.05, 3.63) is 51.3 Å². The van der Waals surface area contributed by atoms with E-state index in [2.05, 4.69) is 15.2 Å². The number of esters is 1. The standard InChI is InChI=1S/C16H20N4O4/c1-11-7-13(8-14(16(21)24-3)15(11)20(22)23)17-6-4-5-12-9-18-19(2)10-12/h7-10,17H,4-6H2,1-3H3. The van der Waals surface area contributed by atoms with Crippen LogP contribution in [0, 0.1) is 17.0 Å². The van der Waals surface area contributed by atoms with E-state index in [1.165, 1.54) is 13.2 Å². The Balaban J connectivity index is 2.06. The van der Waals surface area contributed by atoms with Crippen LogP contribution in [0.4, 0.5) is 11.4 Å². The van der Waals surface area contributed by atoms with Gasteiger partial charge in [0.05, 0.1) is 18.2 Å². The third-order valence-electron chi connectivity index (χ3n) is 3.62. The monoisotopic (exact) mass is 332 g/mol. The highest BCUT2D eigenvalue weighted by atomic mass is 16.6. The van der Waals surface area contributed by atoms with Gasteiger partial charge in [0.1, 0.15) is 5.56 Å². The number of methoxy groups -OCH3 is 1. The van der Waals surface area contributed by atoms with Gasteiger partial charge < -0.3 is 10.1 Å². The van der Waals surface area contributed by atoms with E-state index < -0.39 is 10.9 Å². The SMILES string of the molecule is COC(=O)c1cc(NCCCc2cnn(C)c2)cc(C)c1[N+](=O)[O-]. The molecule has 24 heavy (non-hydrogen) atoms. The number of anilines is 1. The third kappa shape index (κ3) is 4.09. The van der Waals surface area contributed by atoms with Crippen LogP contribution in [0.2, 0.25) is 0 Å². The molecule has 0 bridgehead atoms. The van der Waals surface area contributed by atoms with Crippen LogP contribution in [0.1, 0.15) is 27.9 Å². The molecule has 0 amide bonds. The molecule has 128 valence electrons. The molecule has 2 aromatic rings. The summed E-state index contributed by atoms with van der Waals surface area (Å²) < 4.78 is 6.40. The molecule has 1 N–H and O–H groups in total. The smallest absolute Gasteiger partial charge is 0.344 e. The van der Waals surface area contributed by atoms with Gasteiger partial charge in [-0.05, 0) is 37.5 Å². The molecule has 0 radical (unpaired) electrons. The predicted octanol–water partition coefficient (Wildman–Crippen LogP) is 2.47. The van der Waals surface area contributed by atoms with E-state index in [0.717, 1.165) is 18.4 Å². The maximum atomic E-state index is 11.8. The van der Waals surface area contributed by atoms with Crippen molar-refractivity contribution < 1.29 is 14.5 Å². The number of aryl methyl sites for hydroxylation is 3. The minimum atomic E-state index is -0.719. The number of benzene rings is 1. The molecule has 1 aromatic heterocycles. The van der Waals surface area contributed by atoms with E-state index >= 15 is 0 Å². The largest absolute Gasteiger partial charge is 0.465 e. The Morgan fingerprint density at radius 3 is 2.79 bits per heavy atom. The van der Waals surface area contributed by atoms with Crippen molar-refractivity contribution in [1.82, 2.24) is 9.78 Å². The van der Waals surface area contributed by atoms with Crippen molar-refractivity contribution in [3.63, 3.8) is 0 Å². The third-order valence-corrected chi connectivity index (χ3v) is 3.62. The highest BCUT2D eigenvalue weighted by molar-refractivity contribution is 5.95. The molecule has 0 fully saturated rings. The number of rotatable bonds is 7. The Kier molecular flexibility index (Phi) is 5.51. The van der Waals surface area contributed by atoms with Crippen molar-refractivity contribution >= 4 is 17.3 Å². The topological polar surface area (TPSA) is 99.3 Å². The molecule has 0 saturated carbocycles. The van der Waals surface area contributed by atoms with E-state index in [1.807, 2.05) is 19.4 Å². The summed E-state index contributed by atoms with van der Waals surface area (Å²) in [7, 11) is 3.07. The Labute approximate surface area is 139 Å². The molecule has 0 unspecified atom stereocenters. The number of nitro groups is 1. The van der Waals surface area contributed by atoms with Gasteiger partial charge in [0.15, 0.2) is 0 Å². The van der Waals surface area contributed by atoms with Crippen molar-refractivity contribution in [2.75, 3.05) is 19.0 Å². The highest BCUT2D eigenvalue weighted by Crippen LogP contribution is 2.28. The highest BCUT2D eigenvalue weighted by Gasteiger charge is 2.24. The normalized spacial score (nSPS) is 10.5. The van der Waals surface area contributed by atoms with E-state index in [9.17, 15) is 14.9 Å². The Hall–Kier alpha value is -2.90. The van der Waals surface area contributed by atoms with Crippen LogP contribution in [0.15, 0.2) is 24.5 Å². The first-order valence-electron chi connectivity index (χ1n) is 7.51. The molecular formula is C16H20N4O4. The van der Waals surface area contributed by atoms with Gasteiger partial charge in [-0.25, -0.2) is 4.79 Å². The molecule has 0 saturated heterocycles. The zero-order valence-electron chi connectivity index (χ0n) is 13.9. The molecule has 0 aliphatic rings. The minimum absolute atomic E-state index is 0.0442. The van der Waals surface area contributed by atoms with Gasteiger partial charge in [-0.1, -0.05) is 0 Å². The van der Waals surface area contributed by atoms with Crippen LogP contribution in [-0.2, 0) is 18.2 Å². The second-order valence-electron chi connectivity index (χ2n) is 5.49. The fourth-order valence-electron chi connectivity index (χ4n) is 2.52. The summed E-state index contributed by atoms with van der Waals surface area (Å²) in [6.45, 7) is 2.28. The van der Waals surface area contributed by atoms with E-state index in [4.69, 9.17) is 0 Å². The summed E-state index contributed by atoms with van der Waals surface area (Å²) in [6.07, 6.45) is 5.53. The predicted molar refractivity (Wildman–Crippen MR) is 89.2 cm³/mol. The number of nitrogens with zero attached hydrogens (tertiary/aromatic N) is 3. The van der Waals surface area contributed by atoms with Crippen LogP contribution in [0.3, 0.4) is 0 Å². The number of hydrogen-bond donors (Lipinski definition) is 1. The van der Waals surface area contributed by atoms with Crippen molar-refractivity contribution in [1.29, 1.82) is 0 Å². The molecule has 2 rings (SSSR count). The Morgan fingerprint density at radius 2 is 2.21 bits per heavy atom. The summed E-state index contributed by atoms with van der Waals surface area (Å²) in [5.74, 6) is -0.719. The van der Waals surface area contributed by atoms with Gasteiger partial charge in [-0.3, -0.25) is 14.8 Å². The van der Waals surface area contributed by atoms with Crippen LogP contribution in [0.25, 0.3) is 0 Å². The number of carbonyl (C=O) groups is 1. The summed E-state index contributed by atoms with van der Waals surface area (Å²) in [5, 5.41) is 18.5. The van der Waals surface area contributed by atoms with Crippen LogP contribution < -0.4 is 5.32 Å². The lowest BCUT2D eigenvalue weighted by Gasteiger charge is -2.10. The number of carbonyl (C=O) groups excluding carboxylic acids is 1. The number of hydrogen-bond acceptors (Lipinski definition) is 6. The summed E-state index contributed by atoms with van der Waals surface area (Å²) in [4.78, 5) is 22.4. The molecule has 0 spiro atoms. The van der Waals surface area contributed by atoms with Crippen LogP contribution in [-0.4, -0.2) is 34.3 Å². The molecule has 0 aliphatic carbocycles. The average molecular weight is 332 g/mol. The van der Waals surface area contributed by atoms with Crippen molar-refractivity contribution in [2.24, 2.45) is 7.05 Å². The summed E-state index contributed by atoms with van der Waals surface area (Å²) in [5.41, 5.74) is 1.96. The van der Waals surface area contributed by atoms with Gasteiger partial charge >= 0.3 is 5.97 Å². The lowest BCUT2D eigenvalue weighted by molar-refractivity contribution is -0.385. The van der Waals surface area contributed by atoms with Crippen molar-refractivity contribution in [3.8, 4) is 0 Å². The zero-order valence-corrected chi connectivity index (χ0v) is 13.9. The number of ether oxygens (including phenoxy) is 1. The Bertz CT molecular complexity index is 755. The van der Waals surface area contributed by atoms with Crippen molar-refractivity contribution in [2.45, 2.75) is 19.8 Å². The summed E-state index contributed by atoms with van der Waals surface area (Å²) in [6, 6.07) is 3.12. The van der Waals surface area contributed by atoms with Gasteiger partial charge in [0, 0.05) is 31.0 Å². The number of aromatic nitrogens is 2. The number of nitrogens with one attached hydrogen (secondary N) is 1. The van der Waals surface area contributed by atoms with E-state index in [0.29, 0.717) is 17.8 Å². The first kappa shape index (κ1) is 17.5. The maximum Gasteiger partial charge on any atom is 0.344 e. The molecule has 0 aliphatic heterocycles. The Morgan fingerprint density at radius 1 is 1.46 bits per heavy atom. The van der Waals surface area contributed by atoms with Gasteiger partial charge in [0.25, 0.3) is 5.69 Å². The fourth-order valence-corrected chi connectivity index (χ4v) is 2.52. The molecule has 0 atom stereocenters. The number of nitro benzene ring substituents is 1. The first-order valence-corrected chi connectivity index (χ1v) is 7.51. The van der Waals surface area contributed by atoms with Gasteiger partial charge in [-0.15, -0.1) is 0 Å². The van der Waals surface area contributed by atoms with E-state index in [1.54, 1.807) is 17.7 Å². The van der Waals surface area contributed by atoms with Crippen LogP contribution >= 0.6 is 0 Å². The first-order chi connectivity index (χ1) is 11.4. The van der Waals surface area contributed by atoms with E-state index in [-0.39, 0.29) is 11.3 Å². The summed E-state index contributed by atoms with van der Waals surface area (Å²) >= 11 is 0. The second-order valence-corrected chi connectivity index (χ2v) is 5.49. The zero-order chi connectivity index (χ0) is 17.7. The molecule has 1 heterocycles. The lowest BCUT2D eigenvalue weighted by atomic mass is 10.1. The molecular weight excluding hydrogens is 312 g/mol. The fraction of sp³-hybridized carbons (Fsp3) is 0.375. The molecule has 1 aromatic carbocycles. The minimum Gasteiger partial charge on any atom is -0.465 e. The lowest BCUT2D eigenvalue weighted by Crippen LogP contribution is -2.10. The maximum absolute atomic E-state index is 11.8. The average Bonchev–Trinajstić information content (AvgIpc) is 2.95. The molecule has 8 nitrogen and oxygen atoms in total. The van der Waals surface area contributed by atoms with Gasteiger partial charge in [-0.2, -0.15) is 5.10 Å². The van der Waals surface area contributed by atoms with Crippen LogP contribution in [0.5, 0.6) is 0 Å².